The Kier molecular flexibility index (Phi) is 4.16. The molecule has 9 heteroatoms. The number of carbonyl (C=O) groups is 3. The minimum atomic E-state index is -0.674. The molecule has 114 valence electrons. The Morgan fingerprint density at radius 3 is 2.95 bits per heavy atom. The highest BCUT2D eigenvalue weighted by Gasteiger charge is 2.27. The molecule has 3 heterocycles. The Morgan fingerprint density at radius 1 is 1.41 bits per heavy atom. The lowest BCUT2D eigenvalue weighted by atomic mass is 10.4. The Morgan fingerprint density at radius 2 is 2.27 bits per heavy atom. The van der Waals surface area contributed by atoms with Gasteiger partial charge in [-0.15, -0.1) is 22.7 Å². The standard InChI is InChI=1S/C13H11N3O4S2/c17-10(16-4-3-14-13(16)19)6-20-12(18)8-7-22-11(15-8)9-2-1-5-21-9/h1-2,5,7H,3-4,6H2,(H,14,19). The number of rotatable bonds is 4. The van der Waals surface area contributed by atoms with Gasteiger partial charge >= 0.3 is 12.0 Å². The second-order valence-corrected chi connectivity index (χ2v) is 6.17. The zero-order valence-corrected chi connectivity index (χ0v) is 12.9. The van der Waals surface area contributed by atoms with Crippen molar-refractivity contribution < 1.29 is 19.1 Å². The summed E-state index contributed by atoms with van der Waals surface area (Å²) in [7, 11) is 0. The molecule has 0 aromatic carbocycles. The number of nitrogens with zero attached hydrogens (tertiary/aromatic N) is 2. The fraction of sp³-hybridized carbons (Fsp3) is 0.231. The SMILES string of the molecule is O=C(OCC(=O)N1CCNC1=O)c1csc(-c2cccs2)n1. The molecule has 0 unspecified atom stereocenters. The van der Waals surface area contributed by atoms with Crippen molar-refractivity contribution in [2.45, 2.75) is 0 Å². The molecule has 3 rings (SSSR count). The van der Waals surface area contributed by atoms with E-state index < -0.39 is 24.5 Å². The van der Waals surface area contributed by atoms with E-state index in [1.54, 1.807) is 5.38 Å². The number of amides is 3. The van der Waals surface area contributed by atoms with Crippen LogP contribution in [0.2, 0.25) is 0 Å². The molecule has 0 atom stereocenters. The second kappa shape index (κ2) is 6.24. The van der Waals surface area contributed by atoms with Gasteiger partial charge in [0.05, 0.1) is 4.88 Å². The minimum Gasteiger partial charge on any atom is -0.451 e. The zero-order valence-electron chi connectivity index (χ0n) is 11.3. The number of imide groups is 1. The number of urea groups is 1. The highest BCUT2D eigenvalue weighted by atomic mass is 32.1. The van der Waals surface area contributed by atoms with E-state index in [0.717, 1.165) is 14.8 Å². The van der Waals surface area contributed by atoms with Crippen LogP contribution in [-0.4, -0.2) is 47.5 Å². The molecule has 0 bridgehead atoms. The number of esters is 1. The van der Waals surface area contributed by atoms with E-state index in [1.807, 2.05) is 17.5 Å². The molecule has 7 nitrogen and oxygen atoms in total. The molecule has 3 amide bonds. The van der Waals surface area contributed by atoms with Gasteiger partial charge in [0, 0.05) is 18.5 Å². The first-order valence-corrected chi connectivity index (χ1v) is 8.16. The number of aromatic nitrogens is 1. The number of hydrogen-bond acceptors (Lipinski definition) is 7. The van der Waals surface area contributed by atoms with Crippen LogP contribution >= 0.6 is 22.7 Å². The van der Waals surface area contributed by atoms with Crippen LogP contribution in [0, 0.1) is 0 Å². The summed E-state index contributed by atoms with van der Waals surface area (Å²) in [6.45, 7) is 0.224. The Balaban J connectivity index is 1.58. The first kappa shape index (κ1) is 14.7. The molecule has 1 aliphatic rings. The van der Waals surface area contributed by atoms with Crippen molar-refractivity contribution in [2.24, 2.45) is 0 Å². The molecular weight excluding hydrogens is 326 g/mol. The van der Waals surface area contributed by atoms with Crippen LogP contribution < -0.4 is 5.32 Å². The summed E-state index contributed by atoms with van der Waals surface area (Å²) in [6.07, 6.45) is 0. The van der Waals surface area contributed by atoms with E-state index in [1.165, 1.54) is 22.7 Å². The monoisotopic (exact) mass is 337 g/mol. The molecule has 1 aliphatic heterocycles. The van der Waals surface area contributed by atoms with Gasteiger partial charge in [0.15, 0.2) is 12.3 Å². The summed E-state index contributed by atoms with van der Waals surface area (Å²) < 4.78 is 4.92. The van der Waals surface area contributed by atoms with Crippen molar-refractivity contribution in [1.82, 2.24) is 15.2 Å². The summed E-state index contributed by atoms with van der Waals surface area (Å²) in [5.41, 5.74) is 0.159. The first-order chi connectivity index (χ1) is 10.6. The zero-order chi connectivity index (χ0) is 15.5. The van der Waals surface area contributed by atoms with Crippen molar-refractivity contribution in [3.05, 3.63) is 28.6 Å². The van der Waals surface area contributed by atoms with Gasteiger partial charge in [-0.3, -0.25) is 9.69 Å². The largest absolute Gasteiger partial charge is 0.451 e. The molecule has 0 aliphatic carbocycles. The normalized spacial score (nSPS) is 14.0. The Hall–Kier alpha value is -2.26. The molecule has 1 saturated heterocycles. The molecule has 0 radical (unpaired) electrons. The molecular formula is C13H11N3O4S2. The maximum Gasteiger partial charge on any atom is 0.358 e. The smallest absolute Gasteiger partial charge is 0.358 e. The molecule has 22 heavy (non-hydrogen) atoms. The van der Waals surface area contributed by atoms with Crippen molar-refractivity contribution in [1.29, 1.82) is 0 Å². The summed E-state index contributed by atoms with van der Waals surface area (Å²) in [4.78, 5) is 41.1. The minimum absolute atomic E-state index is 0.159. The third-order valence-corrected chi connectivity index (χ3v) is 4.81. The Bertz CT molecular complexity index is 711. The fourth-order valence-corrected chi connectivity index (χ4v) is 3.47. The van der Waals surface area contributed by atoms with E-state index in [9.17, 15) is 14.4 Å². The predicted molar refractivity (Wildman–Crippen MR) is 80.8 cm³/mol. The van der Waals surface area contributed by atoms with Gasteiger partial charge < -0.3 is 10.1 Å². The van der Waals surface area contributed by atoms with Crippen LogP contribution in [0.4, 0.5) is 4.79 Å². The van der Waals surface area contributed by atoms with Gasteiger partial charge in [-0.25, -0.2) is 14.6 Å². The van der Waals surface area contributed by atoms with Crippen LogP contribution in [0.3, 0.4) is 0 Å². The van der Waals surface area contributed by atoms with Gasteiger partial charge in [0.2, 0.25) is 0 Å². The average Bonchev–Trinajstić information content (AvgIpc) is 3.23. The molecule has 0 saturated carbocycles. The van der Waals surface area contributed by atoms with Crippen molar-refractivity contribution in [2.75, 3.05) is 19.7 Å². The van der Waals surface area contributed by atoms with Crippen molar-refractivity contribution in [3.63, 3.8) is 0 Å². The number of hydrogen-bond donors (Lipinski definition) is 1. The Labute approximate surface area is 133 Å². The van der Waals surface area contributed by atoms with Crippen LogP contribution in [0.5, 0.6) is 0 Å². The molecule has 1 fully saturated rings. The lowest BCUT2D eigenvalue weighted by molar-refractivity contribution is -0.130. The van der Waals surface area contributed by atoms with Crippen LogP contribution in [-0.2, 0) is 9.53 Å². The summed E-state index contributed by atoms with van der Waals surface area (Å²) in [6, 6.07) is 3.35. The van der Waals surface area contributed by atoms with Crippen molar-refractivity contribution in [3.8, 4) is 9.88 Å². The predicted octanol–water partition coefficient (Wildman–Crippen LogP) is 1.58. The lowest BCUT2D eigenvalue weighted by Gasteiger charge is -2.11. The maximum atomic E-state index is 11.9. The van der Waals surface area contributed by atoms with E-state index in [4.69, 9.17) is 4.74 Å². The van der Waals surface area contributed by atoms with E-state index >= 15 is 0 Å². The van der Waals surface area contributed by atoms with Gasteiger partial charge in [-0.1, -0.05) is 6.07 Å². The van der Waals surface area contributed by atoms with Crippen LogP contribution in [0.25, 0.3) is 9.88 Å². The lowest BCUT2D eigenvalue weighted by Crippen LogP contribution is -2.37. The molecule has 1 N–H and O–H groups in total. The number of thiophene rings is 1. The van der Waals surface area contributed by atoms with Crippen LogP contribution in [0.1, 0.15) is 10.5 Å². The first-order valence-electron chi connectivity index (χ1n) is 6.40. The van der Waals surface area contributed by atoms with Crippen LogP contribution in [0.15, 0.2) is 22.9 Å². The van der Waals surface area contributed by atoms with E-state index in [-0.39, 0.29) is 12.2 Å². The van der Waals surface area contributed by atoms with Gasteiger partial charge in [0.25, 0.3) is 5.91 Å². The molecule has 0 spiro atoms. The van der Waals surface area contributed by atoms with Gasteiger partial charge in [0.1, 0.15) is 5.01 Å². The van der Waals surface area contributed by atoms with E-state index in [2.05, 4.69) is 10.3 Å². The van der Waals surface area contributed by atoms with Gasteiger partial charge in [-0.2, -0.15) is 0 Å². The third kappa shape index (κ3) is 3.00. The summed E-state index contributed by atoms with van der Waals surface area (Å²) in [5.74, 6) is -1.22. The second-order valence-electron chi connectivity index (χ2n) is 4.37. The fourth-order valence-electron chi connectivity index (χ4n) is 1.87. The number of thiazole rings is 1. The summed E-state index contributed by atoms with van der Waals surface area (Å²) >= 11 is 2.86. The molecule has 2 aromatic rings. The number of ether oxygens (including phenoxy) is 1. The average molecular weight is 337 g/mol. The van der Waals surface area contributed by atoms with E-state index in [0.29, 0.717) is 6.54 Å². The quantitative estimate of drug-likeness (QED) is 0.856. The topological polar surface area (TPSA) is 88.6 Å². The highest BCUT2D eigenvalue weighted by Crippen LogP contribution is 2.27. The number of carbonyl (C=O) groups excluding carboxylic acids is 3. The van der Waals surface area contributed by atoms with Gasteiger partial charge in [-0.05, 0) is 11.4 Å². The highest BCUT2D eigenvalue weighted by molar-refractivity contribution is 7.20. The third-order valence-electron chi connectivity index (χ3n) is 2.93. The maximum absolute atomic E-state index is 11.9. The molecule has 2 aromatic heterocycles. The summed E-state index contributed by atoms with van der Waals surface area (Å²) in [5, 5.41) is 6.75. The number of nitrogens with one attached hydrogen (secondary N) is 1. The van der Waals surface area contributed by atoms with Crippen molar-refractivity contribution >= 4 is 40.6 Å².